The maximum absolute atomic E-state index is 13.1. The van der Waals surface area contributed by atoms with Crippen molar-refractivity contribution in [2.75, 3.05) is 20.6 Å². The minimum Gasteiger partial charge on any atom is -0.346 e. The SMILES string of the molecule is CN(C)C(=O)C1(c2cnccn2)CCCN1C(=O)Cc1ccccc1. The second kappa shape index (κ2) is 7.01. The zero-order valence-corrected chi connectivity index (χ0v) is 14.6. The number of carbonyl (C=O) groups excluding carboxylic acids is 2. The van der Waals surface area contributed by atoms with Gasteiger partial charge in [0.2, 0.25) is 5.91 Å². The van der Waals surface area contributed by atoms with E-state index in [2.05, 4.69) is 9.97 Å². The Morgan fingerprint density at radius 2 is 1.96 bits per heavy atom. The summed E-state index contributed by atoms with van der Waals surface area (Å²) in [5.41, 5.74) is 0.404. The highest BCUT2D eigenvalue weighted by molar-refractivity contribution is 5.93. The van der Waals surface area contributed by atoms with Crippen molar-refractivity contribution in [1.82, 2.24) is 19.8 Å². The molecule has 130 valence electrons. The first kappa shape index (κ1) is 17.1. The molecule has 3 rings (SSSR count). The van der Waals surface area contributed by atoms with Crippen molar-refractivity contribution in [3.05, 3.63) is 60.2 Å². The van der Waals surface area contributed by atoms with Crippen LogP contribution in [0.25, 0.3) is 0 Å². The maximum Gasteiger partial charge on any atom is 0.254 e. The number of likely N-dealkylation sites (tertiary alicyclic amines) is 1. The number of hydrogen-bond acceptors (Lipinski definition) is 4. The average Bonchev–Trinajstić information content (AvgIpc) is 3.08. The van der Waals surface area contributed by atoms with Crippen LogP contribution < -0.4 is 0 Å². The summed E-state index contributed by atoms with van der Waals surface area (Å²) in [6.07, 6.45) is 6.32. The molecule has 25 heavy (non-hydrogen) atoms. The maximum atomic E-state index is 13.1. The lowest BCUT2D eigenvalue weighted by Gasteiger charge is -2.38. The molecule has 0 saturated carbocycles. The monoisotopic (exact) mass is 338 g/mol. The molecule has 2 heterocycles. The second-order valence-corrected chi connectivity index (χ2v) is 6.46. The molecule has 0 N–H and O–H groups in total. The van der Waals surface area contributed by atoms with Crippen molar-refractivity contribution in [3.8, 4) is 0 Å². The molecule has 1 atom stereocenters. The Balaban J connectivity index is 1.99. The molecule has 0 radical (unpaired) electrons. The van der Waals surface area contributed by atoms with Crippen molar-refractivity contribution < 1.29 is 9.59 Å². The van der Waals surface area contributed by atoms with Gasteiger partial charge in [-0.25, -0.2) is 0 Å². The number of likely N-dealkylation sites (N-methyl/N-ethyl adjacent to an activating group) is 1. The molecule has 0 aliphatic carbocycles. The molecule has 0 spiro atoms. The molecule has 2 amide bonds. The topological polar surface area (TPSA) is 66.4 Å². The number of benzene rings is 1. The van der Waals surface area contributed by atoms with E-state index in [0.29, 0.717) is 18.7 Å². The fourth-order valence-corrected chi connectivity index (χ4v) is 3.50. The van der Waals surface area contributed by atoms with Gasteiger partial charge in [0.25, 0.3) is 5.91 Å². The standard InChI is InChI=1S/C19H22N4O2/c1-22(2)18(25)19(16-14-20-10-11-21-16)9-6-12-23(19)17(24)13-15-7-4-3-5-8-15/h3-5,7-8,10-11,14H,6,9,12-13H2,1-2H3. The Labute approximate surface area is 147 Å². The van der Waals surface area contributed by atoms with Crippen molar-refractivity contribution in [2.24, 2.45) is 0 Å². The zero-order chi connectivity index (χ0) is 17.9. The van der Waals surface area contributed by atoms with E-state index in [4.69, 9.17) is 0 Å². The molecule has 1 saturated heterocycles. The quantitative estimate of drug-likeness (QED) is 0.850. The zero-order valence-electron chi connectivity index (χ0n) is 14.6. The van der Waals surface area contributed by atoms with Crippen LogP contribution in [0.15, 0.2) is 48.9 Å². The van der Waals surface area contributed by atoms with Crippen LogP contribution in [0.2, 0.25) is 0 Å². The smallest absolute Gasteiger partial charge is 0.254 e. The Bertz CT molecular complexity index is 749. The fraction of sp³-hybridized carbons (Fsp3) is 0.368. The van der Waals surface area contributed by atoms with E-state index in [-0.39, 0.29) is 18.2 Å². The minimum absolute atomic E-state index is 0.0652. The van der Waals surface area contributed by atoms with E-state index in [1.54, 1.807) is 37.6 Å². The van der Waals surface area contributed by atoms with E-state index in [9.17, 15) is 9.59 Å². The van der Waals surface area contributed by atoms with E-state index in [1.165, 1.54) is 4.90 Å². The molecule has 1 aliphatic rings. The van der Waals surface area contributed by atoms with Gasteiger partial charge >= 0.3 is 0 Å². The predicted octanol–water partition coefficient (Wildman–Crippen LogP) is 1.63. The average molecular weight is 338 g/mol. The van der Waals surface area contributed by atoms with Crippen LogP contribution in [-0.2, 0) is 21.5 Å². The van der Waals surface area contributed by atoms with Crippen molar-refractivity contribution >= 4 is 11.8 Å². The van der Waals surface area contributed by atoms with Gasteiger partial charge in [-0.15, -0.1) is 0 Å². The van der Waals surface area contributed by atoms with Gasteiger partial charge < -0.3 is 9.80 Å². The molecule has 1 aromatic carbocycles. The lowest BCUT2D eigenvalue weighted by molar-refractivity contribution is -0.150. The first-order valence-electron chi connectivity index (χ1n) is 8.38. The first-order valence-corrected chi connectivity index (χ1v) is 8.38. The van der Waals surface area contributed by atoms with Crippen LogP contribution in [0.3, 0.4) is 0 Å². The summed E-state index contributed by atoms with van der Waals surface area (Å²) >= 11 is 0. The third kappa shape index (κ3) is 3.12. The number of carbonyl (C=O) groups is 2. The Morgan fingerprint density at radius 3 is 2.60 bits per heavy atom. The summed E-state index contributed by atoms with van der Waals surface area (Å²) in [7, 11) is 3.41. The molecule has 1 fully saturated rings. The number of amides is 2. The van der Waals surface area contributed by atoms with Crippen LogP contribution in [0.4, 0.5) is 0 Å². The Kier molecular flexibility index (Phi) is 4.79. The fourth-order valence-electron chi connectivity index (χ4n) is 3.50. The summed E-state index contributed by atoms with van der Waals surface area (Å²) in [5, 5.41) is 0. The van der Waals surface area contributed by atoms with E-state index < -0.39 is 5.54 Å². The first-order chi connectivity index (χ1) is 12.1. The van der Waals surface area contributed by atoms with Gasteiger partial charge in [0.1, 0.15) is 0 Å². The predicted molar refractivity (Wildman–Crippen MR) is 93.5 cm³/mol. The van der Waals surface area contributed by atoms with Crippen LogP contribution in [-0.4, -0.2) is 52.2 Å². The summed E-state index contributed by atoms with van der Waals surface area (Å²) in [5.74, 6) is -0.198. The van der Waals surface area contributed by atoms with E-state index in [0.717, 1.165) is 12.0 Å². The normalized spacial score (nSPS) is 19.7. The molecule has 1 aliphatic heterocycles. The van der Waals surface area contributed by atoms with Crippen LogP contribution in [0.5, 0.6) is 0 Å². The Hall–Kier alpha value is -2.76. The van der Waals surface area contributed by atoms with Crippen molar-refractivity contribution in [2.45, 2.75) is 24.8 Å². The number of nitrogens with zero attached hydrogens (tertiary/aromatic N) is 4. The highest BCUT2D eigenvalue weighted by atomic mass is 16.2. The molecular formula is C19H22N4O2. The molecule has 0 bridgehead atoms. The highest BCUT2D eigenvalue weighted by Crippen LogP contribution is 2.39. The minimum atomic E-state index is -1.07. The number of hydrogen-bond donors (Lipinski definition) is 0. The lowest BCUT2D eigenvalue weighted by atomic mass is 9.89. The van der Waals surface area contributed by atoms with Gasteiger partial charge in [-0.1, -0.05) is 30.3 Å². The lowest BCUT2D eigenvalue weighted by Crippen LogP contribution is -2.55. The second-order valence-electron chi connectivity index (χ2n) is 6.46. The van der Waals surface area contributed by atoms with Gasteiger partial charge in [-0.2, -0.15) is 0 Å². The largest absolute Gasteiger partial charge is 0.346 e. The molecule has 6 heteroatoms. The number of rotatable bonds is 4. The van der Waals surface area contributed by atoms with Gasteiger partial charge in [0.15, 0.2) is 5.54 Å². The van der Waals surface area contributed by atoms with Crippen LogP contribution >= 0.6 is 0 Å². The summed E-state index contributed by atoms with van der Waals surface area (Å²) in [6, 6.07) is 9.59. The van der Waals surface area contributed by atoms with E-state index >= 15 is 0 Å². The summed E-state index contributed by atoms with van der Waals surface area (Å²) in [4.78, 5) is 37.8. The van der Waals surface area contributed by atoms with Crippen LogP contribution in [0, 0.1) is 0 Å². The molecular weight excluding hydrogens is 316 g/mol. The van der Waals surface area contributed by atoms with Crippen molar-refractivity contribution in [1.29, 1.82) is 0 Å². The van der Waals surface area contributed by atoms with Gasteiger partial charge in [0.05, 0.1) is 18.3 Å². The molecule has 1 aromatic heterocycles. The van der Waals surface area contributed by atoms with Gasteiger partial charge in [-0.05, 0) is 18.4 Å². The van der Waals surface area contributed by atoms with Crippen LogP contribution in [0.1, 0.15) is 24.1 Å². The van der Waals surface area contributed by atoms with Gasteiger partial charge in [-0.3, -0.25) is 19.6 Å². The Morgan fingerprint density at radius 1 is 1.20 bits per heavy atom. The third-order valence-corrected chi connectivity index (χ3v) is 4.63. The molecule has 1 unspecified atom stereocenters. The summed E-state index contributed by atoms with van der Waals surface area (Å²) in [6.45, 7) is 0.543. The van der Waals surface area contributed by atoms with E-state index in [1.807, 2.05) is 30.3 Å². The summed E-state index contributed by atoms with van der Waals surface area (Å²) < 4.78 is 0. The highest BCUT2D eigenvalue weighted by Gasteiger charge is 2.52. The third-order valence-electron chi connectivity index (χ3n) is 4.63. The number of aromatic nitrogens is 2. The molecule has 6 nitrogen and oxygen atoms in total. The van der Waals surface area contributed by atoms with Gasteiger partial charge in [0, 0.05) is 33.0 Å². The van der Waals surface area contributed by atoms with Crippen molar-refractivity contribution in [3.63, 3.8) is 0 Å². The molecule has 2 aromatic rings.